The van der Waals surface area contributed by atoms with Gasteiger partial charge < -0.3 is 5.32 Å². The molecule has 0 unspecified atom stereocenters. The third-order valence-corrected chi connectivity index (χ3v) is 4.45. The number of fused-ring (bicyclic) bond motifs is 1. The molecule has 3 rings (SSSR count). The zero-order valence-corrected chi connectivity index (χ0v) is 14.4. The lowest BCUT2D eigenvalue weighted by Crippen LogP contribution is -2.24. The molecule has 2 aromatic rings. The minimum Gasteiger partial charge on any atom is -0.349 e. The van der Waals surface area contributed by atoms with Crippen molar-refractivity contribution in [2.45, 2.75) is 13.8 Å². The Morgan fingerprint density at radius 2 is 1.65 bits per heavy atom. The molecule has 1 amide bonds. The van der Waals surface area contributed by atoms with Crippen molar-refractivity contribution in [1.82, 2.24) is 5.32 Å². The van der Waals surface area contributed by atoms with Crippen molar-refractivity contribution >= 4 is 17.6 Å². The second kappa shape index (κ2) is 6.93. The van der Waals surface area contributed by atoms with Crippen molar-refractivity contribution in [3.05, 3.63) is 70.3 Å². The standard InChI is InChI=1S/C21H16F2N2O/c1-12-13(2)21(26)25-5-3-4-18-19(12)6-14(11-24)7-20(18)15-8-16(22)10-17(23)9-15/h3-4,6-10H,5H2,1-2H3,(H,25,26)/b4-3+,13-12+. The number of carbonyl (C=O) groups is 1. The van der Waals surface area contributed by atoms with Gasteiger partial charge in [-0.25, -0.2) is 8.78 Å². The van der Waals surface area contributed by atoms with Crippen LogP contribution in [0, 0.1) is 23.0 Å². The molecule has 0 atom stereocenters. The Morgan fingerprint density at radius 1 is 1.00 bits per heavy atom. The first-order valence-corrected chi connectivity index (χ1v) is 8.08. The lowest BCUT2D eigenvalue weighted by Gasteiger charge is -2.15. The molecule has 5 heteroatoms. The van der Waals surface area contributed by atoms with Crippen LogP contribution in [0.25, 0.3) is 22.8 Å². The number of benzene rings is 2. The van der Waals surface area contributed by atoms with Crippen LogP contribution in [0.15, 0.2) is 42.0 Å². The van der Waals surface area contributed by atoms with Crippen molar-refractivity contribution in [1.29, 1.82) is 5.26 Å². The fourth-order valence-electron chi connectivity index (χ4n) is 2.99. The lowest BCUT2D eigenvalue weighted by atomic mass is 9.88. The molecule has 0 aromatic heterocycles. The zero-order chi connectivity index (χ0) is 18.8. The van der Waals surface area contributed by atoms with Crippen LogP contribution < -0.4 is 5.32 Å². The van der Waals surface area contributed by atoms with Gasteiger partial charge in [-0.3, -0.25) is 4.79 Å². The van der Waals surface area contributed by atoms with E-state index in [0.29, 0.717) is 45.5 Å². The van der Waals surface area contributed by atoms with Crippen molar-refractivity contribution in [2.75, 3.05) is 6.54 Å². The van der Waals surface area contributed by atoms with Gasteiger partial charge in [-0.1, -0.05) is 12.2 Å². The Labute approximate surface area is 150 Å². The Kier molecular flexibility index (Phi) is 4.68. The third-order valence-electron chi connectivity index (χ3n) is 4.45. The summed E-state index contributed by atoms with van der Waals surface area (Å²) in [4.78, 5) is 12.2. The maximum absolute atomic E-state index is 13.7. The number of nitrogens with one attached hydrogen (secondary N) is 1. The molecule has 1 N–H and O–H groups in total. The summed E-state index contributed by atoms with van der Waals surface area (Å²) < 4.78 is 27.5. The molecule has 2 aromatic carbocycles. The summed E-state index contributed by atoms with van der Waals surface area (Å²) in [7, 11) is 0. The summed E-state index contributed by atoms with van der Waals surface area (Å²) >= 11 is 0. The SMILES string of the molecule is C/C1=C(/C)c2cc(C#N)cc(-c3cc(F)cc(F)c3)c2/C=C/CNC1=O. The van der Waals surface area contributed by atoms with Crippen molar-refractivity contribution < 1.29 is 13.6 Å². The minimum absolute atomic E-state index is 0.194. The molecule has 1 heterocycles. The fourth-order valence-corrected chi connectivity index (χ4v) is 2.99. The second-order valence-electron chi connectivity index (χ2n) is 6.12. The highest BCUT2D eigenvalue weighted by Gasteiger charge is 2.18. The predicted molar refractivity (Wildman–Crippen MR) is 96.8 cm³/mol. The lowest BCUT2D eigenvalue weighted by molar-refractivity contribution is -0.117. The summed E-state index contributed by atoms with van der Waals surface area (Å²) in [5.41, 5.74) is 3.86. The van der Waals surface area contributed by atoms with Crippen LogP contribution in [0.2, 0.25) is 0 Å². The molecular weight excluding hydrogens is 334 g/mol. The van der Waals surface area contributed by atoms with Gasteiger partial charge in [-0.2, -0.15) is 5.26 Å². The van der Waals surface area contributed by atoms with Crippen LogP contribution in [-0.4, -0.2) is 12.5 Å². The van der Waals surface area contributed by atoms with E-state index in [1.165, 1.54) is 12.1 Å². The highest BCUT2D eigenvalue weighted by molar-refractivity contribution is 6.02. The molecule has 0 bridgehead atoms. The van der Waals surface area contributed by atoms with Gasteiger partial charge in [0.2, 0.25) is 5.91 Å². The predicted octanol–water partition coefficient (Wildman–Crippen LogP) is 4.44. The smallest absolute Gasteiger partial charge is 0.247 e. The first-order valence-electron chi connectivity index (χ1n) is 8.08. The third kappa shape index (κ3) is 3.27. The summed E-state index contributed by atoms with van der Waals surface area (Å²) in [5.74, 6) is -1.58. The van der Waals surface area contributed by atoms with E-state index in [4.69, 9.17) is 0 Å². The maximum Gasteiger partial charge on any atom is 0.247 e. The van der Waals surface area contributed by atoms with E-state index in [1.54, 1.807) is 38.1 Å². The normalized spacial score (nSPS) is 18.0. The molecule has 26 heavy (non-hydrogen) atoms. The number of hydrogen-bond acceptors (Lipinski definition) is 2. The number of carbonyl (C=O) groups excluding carboxylic acids is 1. The van der Waals surface area contributed by atoms with Crippen molar-refractivity contribution in [3.8, 4) is 17.2 Å². The largest absolute Gasteiger partial charge is 0.349 e. The molecule has 0 radical (unpaired) electrons. The molecule has 130 valence electrons. The number of nitrogens with zero attached hydrogens (tertiary/aromatic N) is 1. The second-order valence-corrected chi connectivity index (χ2v) is 6.12. The number of rotatable bonds is 1. The number of hydrogen-bond donors (Lipinski definition) is 1. The number of nitriles is 1. The van der Waals surface area contributed by atoms with E-state index >= 15 is 0 Å². The topological polar surface area (TPSA) is 52.9 Å². The highest BCUT2D eigenvalue weighted by Crippen LogP contribution is 2.34. The molecule has 0 saturated carbocycles. The minimum atomic E-state index is -0.691. The summed E-state index contributed by atoms with van der Waals surface area (Å²) in [6.45, 7) is 3.84. The molecule has 0 aliphatic carbocycles. The summed E-state index contributed by atoms with van der Waals surface area (Å²) in [6.07, 6.45) is 3.57. The van der Waals surface area contributed by atoms with E-state index in [1.807, 2.05) is 0 Å². The van der Waals surface area contributed by atoms with E-state index in [9.17, 15) is 18.8 Å². The molecule has 0 fully saturated rings. The van der Waals surface area contributed by atoms with E-state index < -0.39 is 11.6 Å². The monoisotopic (exact) mass is 350 g/mol. The summed E-state index contributed by atoms with van der Waals surface area (Å²) in [5, 5.41) is 12.2. The average Bonchev–Trinajstić information content (AvgIpc) is 2.66. The van der Waals surface area contributed by atoms with Gasteiger partial charge in [0.05, 0.1) is 11.6 Å². The summed E-state index contributed by atoms with van der Waals surface area (Å²) in [6, 6.07) is 8.64. The van der Waals surface area contributed by atoms with Crippen LogP contribution in [0.4, 0.5) is 8.78 Å². The average molecular weight is 350 g/mol. The first kappa shape index (κ1) is 17.6. The van der Waals surface area contributed by atoms with Crippen LogP contribution in [0.5, 0.6) is 0 Å². The maximum atomic E-state index is 13.7. The molecule has 1 aliphatic rings. The van der Waals surface area contributed by atoms with E-state index in [2.05, 4.69) is 11.4 Å². The van der Waals surface area contributed by atoms with Crippen molar-refractivity contribution in [2.24, 2.45) is 0 Å². The zero-order valence-electron chi connectivity index (χ0n) is 14.4. The van der Waals surface area contributed by atoms with Crippen LogP contribution in [-0.2, 0) is 4.79 Å². The van der Waals surface area contributed by atoms with Gasteiger partial charge in [0.25, 0.3) is 0 Å². The number of halogens is 2. The van der Waals surface area contributed by atoms with Gasteiger partial charge in [0, 0.05) is 18.2 Å². The molecule has 3 nitrogen and oxygen atoms in total. The van der Waals surface area contributed by atoms with Crippen LogP contribution >= 0.6 is 0 Å². The molecule has 1 aliphatic heterocycles. The molecule has 0 saturated heterocycles. The number of amides is 1. The quantitative estimate of drug-likeness (QED) is 0.827. The Hall–Kier alpha value is -3.26. The van der Waals surface area contributed by atoms with E-state index in [-0.39, 0.29) is 5.91 Å². The van der Waals surface area contributed by atoms with Crippen molar-refractivity contribution in [3.63, 3.8) is 0 Å². The Balaban J connectivity index is 2.39. The first-order chi connectivity index (χ1) is 12.4. The Bertz CT molecular complexity index is 993. The van der Waals surface area contributed by atoms with Crippen LogP contribution in [0.1, 0.15) is 30.5 Å². The van der Waals surface area contributed by atoms with Gasteiger partial charge >= 0.3 is 0 Å². The van der Waals surface area contributed by atoms with Gasteiger partial charge in [-0.05, 0) is 65.9 Å². The molecule has 0 spiro atoms. The highest BCUT2D eigenvalue weighted by atomic mass is 19.1. The molecular formula is C21H16F2N2O. The fraction of sp³-hybridized carbons (Fsp3) is 0.143. The van der Waals surface area contributed by atoms with Gasteiger partial charge in [-0.15, -0.1) is 0 Å². The Morgan fingerprint density at radius 3 is 2.31 bits per heavy atom. The van der Waals surface area contributed by atoms with Gasteiger partial charge in [0.15, 0.2) is 0 Å². The van der Waals surface area contributed by atoms with Crippen LogP contribution in [0.3, 0.4) is 0 Å². The van der Waals surface area contributed by atoms with E-state index in [0.717, 1.165) is 6.07 Å². The number of allylic oxidation sites excluding steroid dienone is 1. The van der Waals surface area contributed by atoms with Gasteiger partial charge in [0.1, 0.15) is 11.6 Å².